The number of halogens is 4. The molecule has 0 fully saturated rings. The fourth-order valence-corrected chi connectivity index (χ4v) is 2.15. The van der Waals surface area contributed by atoms with Gasteiger partial charge in [0.2, 0.25) is 0 Å². The van der Waals surface area contributed by atoms with Crippen LogP contribution >= 0.6 is 27.5 Å². The molecule has 0 radical (unpaired) electrons. The van der Waals surface area contributed by atoms with E-state index in [0.717, 1.165) is 29.0 Å². The van der Waals surface area contributed by atoms with Crippen LogP contribution in [0, 0.1) is 11.6 Å². The summed E-state index contributed by atoms with van der Waals surface area (Å²) in [6.45, 7) is 0. The topological polar surface area (TPSA) is 42.2 Å². The number of rotatable bonds is 2. The Morgan fingerprint density at radius 1 is 1.28 bits per heavy atom. The quantitative estimate of drug-likeness (QED) is 0.904. The third-order valence-corrected chi connectivity index (χ3v) is 2.89. The summed E-state index contributed by atoms with van der Waals surface area (Å²) in [5.41, 5.74) is -0.803. The van der Waals surface area contributed by atoms with Crippen molar-refractivity contribution in [3.05, 3.63) is 51.2 Å². The molecule has 18 heavy (non-hydrogen) atoms. The molecule has 0 saturated heterocycles. The lowest BCUT2D eigenvalue weighted by Gasteiger charge is -2.09. The average Bonchev–Trinajstić information content (AvgIpc) is 2.58. The summed E-state index contributed by atoms with van der Waals surface area (Å²) in [7, 11) is 0. The molecule has 1 aromatic heterocycles. The van der Waals surface area contributed by atoms with Gasteiger partial charge in [0.25, 0.3) is 0 Å². The lowest BCUT2D eigenvalue weighted by atomic mass is 10.2. The molecule has 0 spiro atoms. The van der Waals surface area contributed by atoms with E-state index in [1.807, 2.05) is 0 Å². The number of hydrogen-bond donors (Lipinski definition) is 1. The fraction of sp³-hybridized carbons (Fsp3) is 0. The highest BCUT2D eigenvalue weighted by atomic mass is 79.9. The van der Waals surface area contributed by atoms with Gasteiger partial charge in [0.1, 0.15) is 11.4 Å². The van der Waals surface area contributed by atoms with Gasteiger partial charge < -0.3 is 9.67 Å². The molecule has 0 saturated carbocycles. The highest BCUT2D eigenvalue weighted by Gasteiger charge is 2.19. The van der Waals surface area contributed by atoms with Gasteiger partial charge in [-0.1, -0.05) is 27.5 Å². The summed E-state index contributed by atoms with van der Waals surface area (Å²) in [5.74, 6) is -3.11. The lowest BCUT2D eigenvalue weighted by Crippen LogP contribution is -2.09. The molecule has 0 atom stereocenters. The second kappa shape index (κ2) is 4.70. The second-order valence-corrected chi connectivity index (χ2v) is 4.79. The molecule has 0 bridgehead atoms. The van der Waals surface area contributed by atoms with E-state index in [9.17, 15) is 13.6 Å². The molecule has 0 amide bonds. The Labute approximate surface area is 114 Å². The lowest BCUT2D eigenvalue weighted by molar-refractivity contribution is 0.0688. The van der Waals surface area contributed by atoms with Crippen LogP contribution in [-0.2, 0) is 0 Å². The monoisotopic (exact) mass is 335 g/mol. The summed E-state index contributed by atoms with van der Waals surface area (Å²) in [4.78, 5) is 11.0. The Morgan fingerprint density at radius 2 is 1.83 bits per heavy atom. The van der Waals surface area contributed by atoms with Crippen molar-refractivity contribution in [1.29, 1.82) is 0 Å². The zero-order valence-electron chi connectivity index (χ0n) is 8.62. The van der Waals surface area contributed by atoms with Crippen LogP contribution in [0.3, 0.4) is 0 Å². The van der Waals surface area contributed by atoms with Crippen LogP contribution in [0.2, 0.25) is 5.02 Å². The molecule has 0 aliphatic carbocycles. The highest BCUT2D eigenvalue weighted by molar-refractivity contribution is 9.10. The van der Waals surface area contributed by atoms with E-state index < -0.39 is 23.3 Å². The van der Waals surface area contributed by atoms with Crippen molar-refractivity contribution in [2.45, 2.75) is 0 Å². The minimum absolute atomic E-state index is 0.0779. The van der Waals surface area contributed by atoms with Gasteiger partial charge in [-0.15, -0.1) is 0 Å². The second-order valence-electron chi connectivity index (χ2n) is 3.44. The third kappa shape index (κ3) is 2.26. The molecule has 94 valence electrons. The molecule has 0 aliphatic heterocycles. The zero-order valence-corrected chi connectivity index (χ0v) is 11.0. The summed E-state index contributed by atoms with van der Waals surface area (Å²) in [6.07, 6.45) is 1.14. The summed E-state index contributed by atoms with van der Waals surface area (Å²) >= 11 is 8.60. The van der Waals surface area contributed by atoms with Crippen LogP contribution in [0.4, 0.5) is 8.78 Å². The molecule has 1 heterocycles. The van der Waals surface area contributed by atoms with Crippen LogP contribution < -0.4 is 0 Å². The van der Waals surface area contributed by atoms with Crippen LogP contribution in [0.15, 0.2) is 28.9 Å². The van der Waals surface area contributed by atoms with Gasteiger partial charge in [0.05, 0.1) is 5.02 Å². The van der Waals surface area contributed by atoms with Gasteiger partial charge in [0, 0.05) is 10.7 Å². The van der Waals surface area contributed by atoms with Crippen LogP contribution in [0.1, 0.15) is 10.5 Å². The number of benzene rings is 1. The maximum atomic E-state index is 13.7. The Hall–Kier alpha value is -1.40. The first kappa shape index (κ1) is 13.0. The largest absolute Gasteiger partial charge is 0.477 e. The molecule has 2 rings (SSSR count). The number of aromatic nitrogens is 1. The molecule has 3 nitrogen and oxygen atoms in total. The first-order valence-electron chi connectivity index (χ1n) is 4.66. The van der Waals surface area contributed by atoms with Gasteiger partial charge in [-0.05, 0) is 18.2 Å². The Bertz CT molecular complexity index is 619. The van der Waals surface area contributed by atoms with Gasteiger partial charge in [-0.25, -0.2) is 13.6 Å². The molecule has 7 heteroatoms. The fourth-order valence-electron chi connectivity index (χ4n) is 1.54. The molecule has 2 aromatic rings. The molecular weight excluding hydrogens is 331 g/mol. The molecular formula is C11H5BrClF2NO2. The van der Waals surface area contributed by atoms with E-state index >= 15 is 0 Å². The van der Waals surface area contributed by atoms with E-state index in [4.69, 9.17) is 16.7 Å². The normalized spacial score (nSPS) is 10.7. The summed E-state index contributed by atoms with van der Waals surface area (Å²) in [6, 6.07) is 3.20. The predicted molar refractivity (Wildman–Crippen MR) is 65.4 cm³/mol. The summed E-state index contributed by atoms with van der Waals surface area (Å²) in [5, 5.41) is 9.02. The highest BCUT2D eigenvalue weighted by Crippen LogP contribution is 2.26. The van der Waals surface area contributed by atoms with Gasteiger partial charge >= 0.3 is 5.97 Å². The Kier molecular flexibility index (Phi) is 3.41. The standard InChI is InChI=1S/C11H5BrClF2NO2/c12-5-1-7(14)10(8(15)2-5)16-4-6(13)3-9(16)11(17)18/h1-4H,(H,17,18). The van der Waals surface area contributed by atoms with E-state index in [-0.39, 0.29) is 15.2 Å². The smallest absolute Gasteiger partial charge is 0.352 e. The SMILES string of the molecule is O=C(O)c1cc(Cl)cn1-c1c(F)cc(Br)cc1F. The van der Waals surface area contributed by atoms with Gasteiger partial charge in [0.15, 0.2) is 11.6 Å². The Morgan fingerprint density at radius 3 is 2.33 bits per heavy atom. The van der Waals surface area contributed by atoms with E-state index in [1.165, 1.54) is 0 Å². The van der Waals surface area contributed by atoms with Crippen molar-refractivity contribution >= 4 is 33.5 Å². The third-order valence-electron chi connectivity index (χ3n) is 2.23. The average molecular weight is 337 g/mol. The van der Waals surface area contributed by atoms with Crippen LogP contribution in [0.5, 0.6) is 0 Å². The van der Waals surface area contributed by atoms with Gasteiger partial charge in [-0.2, -0.15) is 0 Å². The van der Waals surface area contributed by atoms with Crippen LogP contribution in [-0.4, -0.2) is 15.6 Å². The molecule has 0 aliphatic rings. The van der Waals surface area contributed by atoms with Crippen molar-refractivity contribution in [1.82, 2.24) is 4.57 Å². The molecule has 1 aromatic carbocycles. The van der Waals surface area contributed by atoms with Crippen LogP contribution in [0.25, 0.3) is 5.69 Å². The zero-order chi connectivity index (χ0) is 13.4. The van der Waals surface area contributed by atoms with Crippen molar-refractivity contribution in [3.8, 4) is 5.69 Å². The van der Waals surface area contributed by atoms with Crippen molar-refractivity contribution in [3.63, 3.8) is 0 Å². The molecule has 0 unspecified atom stereocenters. The number of carboxylic acids is 1. The summed E-state index contributed by atoms with van der Waals surface area (Å²) < 4.78 is 28.5. The maximum absolute atomic E-state index is 13.7. The predicted octanol–water partition coefficient (Wildman–Crippen LogP) is 3.87. The van der Waals surface area contributed by atoms with E-state index in [2.05, 4.69) is 15.9 Å². The van der Waals surface area contributed by atoms with E-state index in [0.29, 0.717) is 0 Å². The van der Waals surface area contributed by atoms with Gasteiger partial charge in [-0.3, -0.25) is 0 Å². The number of nitrogens with zero attached hydrogens (tertiary/aromatic N) is 1. The van der Waals surface area contributed by atoms with Crippen molar-refractivity contribution in [2.24, 2.45) is 0 Å². The number of carbonyl (C=O) groups is 1. The number of aromatic carboxylic acids is 1. The first-order chi connectivity index (χ1) is 8.40. The van der Waals surface area contributed by atoms with Crippen molar-refractivity contribution in [2.75, 3.05) is 0 Å². The maximum Gasteiger partial charge on any atom is 0.352 e. The Balaban J connectivity index is 2.73. The minimum Gasteiger partial charge on any atom is -0.477 e. The molecule has 1 N–H and O–H groups in total. The van der Waals surface area contributed by atoms with Crippen molar-refractivity contribution < 1.29 is 18.7 Å². The number of carboxylic acid groups (broad SMARTS) is 1. The van der Waals surface area contributed by atoms with E-state index in [1.54, 1.807) is 0 Å². The first-order valence-corrected chi connectivity index (χ1v) is 5.83. The minimum atomic E-state index is -1.33. The number of hydrogen-bond acceptors (Lipinski definition) is 1.